The third-order valence-corrected chi connectivity index (χ3v) is 3.21. The van der Waals surface area contributed by atoms with Gasteiger partial charge in [0.2, 0.25) is 0 Å². The molecule has 21 heavy (non-hydrogen) atoms. The van der Waals surface area contributed by atoms with Crippen LogP contribution >= 0.6 is 0 Å². The van der Waals surface area contributed by atoms with Crippen molar-refractivity contribution in [1.82, 2.24) is 4.98 Å². The lowest BCUT2D eigenvalue weighted by molar-refractivity contribution is -0.137. The Bertz CT molecular complexity index is 793. The van der Waals surface area contributed by atoms with Crippen molar-refractivity contribution in [3.05, 3.63) is 60.2 Å². The molecule has 0 amide bonds. The van der Waals surface area contributed by atoms with Gasteiger partial charge < -0.3 is 5.73 Å². The van der Waals surface area contributed by atoms with Gasteiger partial charge in [-0.15, -0.1) is 0 Å². The van der Waals surface area contributed by atoms with Gasteiger partial charge in [-0.05, 0) is 35.9 Å². The second-order valence-electron chi connectivity index (χ2n) is 4.62. The third kappa shape index (κ3) is 2.54. The van der Waals surface area contributed by atoms with Crippen LogP contribution in [0.1, 0.15) is 5.56 Å². The molecule has 1 aromatic heterocycles. The average molecular weight is 287 g/mol. The highest BCUT2D eigenvalue weighted by Crippen LogP contribution is 2.33. The summed E-state index contributed by atoms with van der Waals surface area (Å²) in [6.45, 7) is 0. The summed E-state index contributed by atoms with van der Waals surface area (Å²) < 4.78 is 37.7. The molecule has 3 rings (SSSR count). The lowest BCUT2D eigenvalue weighted by atomic mass is 10.0. The molecular weight excluding hydrogens is 277 g/mol. The molecule has 0 bridgehead atoms. The van der Waals surface area contributed by atoms with E-state index < -0.39 is 11.7 Å². The summed E-state index contributed by atoms with van der Waals surface area (Å²) >= 11 is 0. The molecule has 5 heteroatoms. The Morgan fingerprint density at radius 2 is 1.76 bits per heavy atom. The van der Waals surface area contributed by atoms with Crippen LogP contribution in [-0.4, -0.2) is 4.98 Å². The first kappa shape index (κ1) is 13.4. The Kier molecular flexibility index (Phi) is 3.05. The van der Waals surface area contributed by atoms with Crippen LogP contribution in [-0.2, 0) is 6.18 Å². The number of nitrogen functional groups attached to an aromatic ring is 1. The molecule has 3 aromatic rings. The minimum atomic E-state index is -4.35. The van der Waals surface area contributed by atoms with Crippen molar-refractivity contribution in [2.45, 2.75) is 6.18 Å². The predicted octanol–water partition coefficient (Wildman–Crippen LogP) is 4.30. The van der Waals surface area contributed by atoms with E-state index in [-0.39, 0.29) is 5.82 Å². The number of rotatable bonds is 1. The molecule has 105 valence electrons. The second-order valence-corrected chi connectivity index (χ2v) is 4.62. The fraction of sp³-hybridized carbons (Fsp3) is 0.0625. The molecule has 0 aliphatic carbocycles. The minimum absolute atomic E-state index is 0.279. The number of halogens is 3. The molecule has 0 unspecified atom stereocenters. The van der Waals surface area contributed by atoms with Crippen molar-refractivity contribution in [3.63, 3.8) is 0 Å². The summed E-state index contributed by atoms with van der Waals surface area (Å²) in [5.41, 5.74) is 7.12. The van der Waals surface area contributed by atoms with Crippen molar-refractivity contribution < 1.29 is 13.2 Å². The maximum Gasteiger partial charge on any atom is 0.416 e. The van der Waals surface area contributed by atoms with Crippen LogP contribution in [0.2, 0.25) is 0 Å². The Labute approximate surface area is 119 Å². The van der Waals surface area contributed by atoms with Crippen LogP contribution in [0, 0.1) is 6.07 Å². The summed E-state index contributed by atoms with van der Waals surface area (Å²) in [4.78, 5) is 4.25. The van der Waals surface area contributed by atoms with Crippen molar-refractivity contribution in [1.29, 1.82) is 0 Å². The minimum Gasteiger partial charge on any atom is -0.383 e. The molecule has 1 heterocycles. The SMILES string of the molecule is Nc1nc2c[c]ccc2cc1-c1ccc(C(F)(F)F)cc1. The monoisotopic (exact) mass is 287 g/mol. The zero-order valence-corrected chi connectivity index (χ0v) is 10.8. The Hall–Kier alpha value is -2.56. The lowest BCUT2D eigenvalue weighted by Crippen LogP contribution is -2.04. The molecule has 2 N–H and O–H groups in total. The Morgan fingerprint density at radius 1 is 1.05 bits per heavy atom. The van der Waals surface area contributed by atoms with Gasteiger partial charge in [-0.2, -0.15) is 13.2 Å². The third-order valence-electron chi connectivity index (χ3n) is 3.21. The van der Waals surface area contributed by atoms with Gasteiger partial charge in [0.1, 0.15) is 5.82 Å². The van der Waals surface area contributed by atoms with Crippen molar-refractivity contribution in [3.8, 4) is 11.1 Å². The topological polar surface area (TPSA) is 38.9 Å². The van der Waals surface area contributed by atoms with Crippen LogP contribution in [0.25, 0.3) is 22.0 Å². The van der Waals surface area contributed by atoms with E-state index >= 15 is 0 Å². The maximum absolute atomic E-state index is 12.6. The number of nitrogens with two attached hydrogens (primary N) is 1. The molecule has 0 spiro atoms. The second kappa shape index (κ2) is 4.77. The number of hydrogen-bond donors (Lipinski definition) is 1. The van der Waals surface area contributed by atoms with E-state index in [2.05, 4.69) is 11.1 Å². The van der Waals surface area contributed by atoms with E-state index in [1.807, 2.05) is 12.1 Å². The molecule has 0 saturated heterocycles. The number of fused-ring (bicyclic) bond motifs is 1. The molecule has 0 atom stereocenters. The first-order valence-electron chi connectivity index (χ1n) is 6.19. The fourth-order valence-electron chi connectivity index (χ4n) is 2.14. The number of hydrogen-bond acceptors (Lipinski definition) is 2. The Balaban J connectivity index is 2.09. The predicted molar refractivity (Wildman–Crippen MR) is 75.4 cm³/mol. The van der Waals surface area contributed by atoms with Gasteiger partial charge in [0.25, 0.3) is 0 Å². The summed E-state index contributed by atoms with van der Waals surface area (Å²) in [7, 11) is 0. The highest BCUT2D eigenvalue weighted by molar-refractivity contribution is 5.88. The zero-order valence-electron chi connectivity index (χ0n) is 10.8. The van der Waals surface area contributed by atoms with E-state index in [0.29, 0.717) is 16.6 Å². The first-order chi connectivity index (χ1) is 9.95. The molecule has 1 radical (unpaired) electrons. The number of benzene rings is 2. The quantitative estimate of drug-likeness (QED) is 0.724. The highest BCUT2D eigenvalue weighted by atomic mass is 19.4. The van der Waals surface area contributed by atoms with Crippen LogP contribution < -0.4 is 5.73 Å². The number of nitrogens with zero attached hydrogens (tertiary/aromatic N) is 1. The van der Waals surface area contributed by atoms with E-state index in [9.17, 15) is 13.2 Å². The van der Waals surface area contributed by atoms with E-state index in [1.165, 1.54) is 12.1 Å². The molecule has 0 aliphatic rings. The molecular formula is C16H10F3N2. The number of anilines is 1. The zero-order chi connectivity index (χ0) is 15.0. The van der Waals surface area contributed by atoms with Crippen molar-refractivity contribution in [2.75, 3.05) is 5.73 Å². The summed E-state index contributed by atoms with van der Waals surface area (Å²) in [5, 5.41) is 0.859. The largest absolute Gasteiger partial charge is 0.416 e. The van der Waals surface area contributed by atoms with Crippen LogP contribution in [0.3, 0.4) is 0 Å². The van der Waals surface area contributed by atoms with Gasteiger partial charge in [0, 0.05) is 10.9 Å². The first-order valence-corrected chi connectivity index (χ1v) is 6.19. The van der Waals surface area contributed by atoms with Gasteiger partial charge in [-0.1, -0.05) is 24.3 Å². The normalized spacial score (nSPS) is 11.8. The molecule has 0 aliphatic heterocycles. The molecule has 0 saturated carbocycles. The van der Waals surface area contributed by atoms with Gasteiger partial charge >= 0.3 is 6.18 Å². The number of aromatic nitrogens is 1. The van der Waals surface area contributed by atoms with Crippen LogP contribution in [0.5, 0.6) is 0 Å². The summed E-state index contributed by atoms with van der Waals surface area (Å²) in [6, 6.07) is 14.9. The standard InChI is InChI=1S/C16H10F3N2/c17-16(18,19)12-7-5-10(6-8-12)13-9-11-3-1-2-4-14(11)21-15(13)20/h1,3-9H,(H2,20,21). The van der Waals surface area contributed by atoms with Crippen LogP contribution in [0.15, 0.2) is 48.5 Å². The number of pyridine rings is 1. The highest BCUT2D eigenvalue weighted by Gasteiger charge is 2.30. The number of alkyl halides is 3. The lowest BCUT2D eigenvalue weighted by Gasteiger charge is -2.10. The van der Waals surface area contributed by atoms with Crippen molar-refractivity contribution in [2.24, 2.45) is 0 Å². The summed E-state index contributed by atoms with van der Waals surface area (Å²) in [6.07, 6.45) is -4.35. The molecule has 0 fully saturated rings. The molecule has 2 aromatic carbocycles. The smallest absolute Gasteiger partial charge is 0.383 e. The van der Waals surface area contributed by atoms with Crippen LogP contribution in [0.4, 0.5) is 19.0 Å². The van der Waals surface area contributed by atoms with Gasteiger partial charge in [-0.3, -0.25) is 0 Å². The average Bonchev–Trinajstić information content (AvgIpc) is 2.46. The van der Waals surface area contributed by atoms with Gasteiger partial charge in [0.15, 0.2) is 0 Å². The maximum atomic E-state index is 12.6. The van der Waals surface area contributed by atoms with E-state index in [4.69, 9.17) is 5.73 Å². The molecule has 2 nitrogen and oxygen atoms in total. The Morgan fingerprint density at radius 3 is 2.43 bits per heavy atom. The summed E-state index contributed by atoms with van der Waals surface area (Å²) in [5.74, 6) is 0.279. The fourth-order valence-corrected chi connectivity index (χ4v) is 2.14. The van der Waals surface area contributed by atoms with Gasteiger partial charge in [0.05, 0.1) is 11.1 Å². The van der Waals surface area contributed by atoms with E-state index in [0.717, 1.165) is 17.5 Å². The van der Waals surface area contributed by atoms with Gasteiger partial charge in [-0.25, -0.2) is 4.98 Å². The van der Waals surface area contributed by atoms with Crippen molar-refractivity contribution >= 4 is 16.7 Å². The van der Waals surface area contributed by atoms with E-state index in [1.54, 1.807) is 12.1 Å².